The van der Waals surface area contributed by atoms with Crippen LogP contribution in [0, 0.1) is 6.92 Å². The molecule has 2 aliphatic rings. The Morgan fingerprint density at radius 2 is 2.12 bits per heavy atom. The minimum Gasteiger partial charge on any atom is -0.454 e. The number of hydrogen-bond donors (Lipinski definition) is 1. The van der Waals surface area contributed by atoms with Crippen molar-refractivity contribution in [1.82, 2.24) is 14.9 Å². The maximum Gasteiger partial charge on any atom is 0.254 e. The number of morpholine rings is 1. The summed E-state index contributed by atoms with van der Waals surface area (Å²) in [6, 6.07) is 6.54. The summed E-state index contributed by atoms with van der Waals surface area (Å²) in [6.45, 7) is 3.08. The molecular weight excluding hydrogens is 326 g/mol. The zero-order valence-corrected chi connectivity index (χ0v) is 13.7. The Kier molecular flexibility index (Phi) is 3.89. The van der Waals surface area contributed by atoms with Gasteiger partial charge in [-0.25, -0.2) is 4.98 Å². The van der Waals surface area contributed by atoms with Gasteiger partial charge in [0.2, 0.25) is 6.79 Å². The van der Waals surface area contributed by atoms with Gasteiger partial charge >= 0.3 is 0 Å². The van der Waals surface area contributed by atoms with Crippen molar-refractivity contribution in [2.24, 2.45) is 0 Å². The molecule has 1 aromatic heterocycles. The van der Waals surface area contributed by atoms with E-state index in [9.17, 15) is 9.59 Å². The molecule has 0 bridgehead atoms. The van der Waals surface area contributed by atoms with E-state index in [1.807, 2.05) is 0 Å². The van der Waals surface area contributed by atoms with Crippen LogP contribution >= 0.6 is 0 Å². The highest BCUT2D eigenvalue weighted by Gasteiger charge is 2.28. The van der Waals surface area contributed by atoms with Crippen molar-refractivity contribution in [2.75, 3.05) is 26.5 Å². The zero-order valence-electron chi connectivity index (χ0n) is 13.7. The number of rotatable bonds is 2. The minimum absolute atomic E-state index is 0.117. The second-order valence-corrected chi connectivity index (χ2v) is 5.93. The molecule has 0 saturated carbocycles. The van der Waals surface area contributed by atoms with Crippen molar-refractivity contribution in [3.63, 3.8) is 0 Å². The Morgan fingerprint density at radius 3 is 2.96 bits per heavy atom. The van der Waals surface area contributed by atoms with Crippen LogP contribution in [0.3, 0.4) is 0 Å². The van der Waals surface area contributed by atoms with E-state index in [0.29, 0.717) is 48.3 Å². The molecule has 0 radical (unpaired) electrons. The van der Waals surface area contributed by atoms with Gasteiger partial charge in [-0.3, -0.25) is 9.59 Å². The number of nitrogens with one attached hydrogen (secondary N) is 1. The molecule has 8 nitrogen and oxygen atoms in total. The van der Waals surface area contributed by atoms with E-state index < -0.39 is 6.10 Å². The number of hydrogen-bond acceptors (Lipinski definition) is 6. The second-order valence-electron chi connectivity index (χ2n) is 5.93. The van der Waals surface area contributed by atoms with Gasteiger partial charge < -0.3 is 24.1 Å². The first-order chi connectivity index (χ1) is 12.1. The molecule has 0 unspecified atom stereocenters. The molecule has 2 aromatic rings. The van der Waals surface area contributed by atoms with Crippen LogP contribution in [0.15, 0.2) is 29.1 Å². The van der Waals surface area contributed by atoms with Gasteiger partial charge in [-0.2, -0.15) is 0 Å². The third-order valence-corrected chi connectivity index (χ3v) is 4.18. The van der Waals surface area contributed by atoms with Crippen LogP contribution < -0.4 is 15.0 Å². The average Bonchev–Trinajstić information content (AvgIpc) is 3.08. The quantitative estimate of drug-likeness (QED) is 0.875. The summed E-state index contributed by atoms with van der Waals surface area (Å²) in [5.74, 6) is 1.61. The number of aromatic amines is 1. The highest BCUT2D eigenvalue weighted by atomic mass is 16.7. The van der Waals surface area contributed by atoms with E-state index in [2.05, 4.69) is 9.97 Å². The number of carbonyl (C=O) groups excluding carboxylic acids is 1. The number of H-pyrrole nitrogens is 1. The van der Waals surface area contributed by atoms with Crippen LogP contribution in [0.2, 0.25) is 0 Å². The standard InChI is InChI=1S/C17H17N3O5/c1-10-18-12(7-16(21)19-10)15-8-20(4-5-23-15)17(22)11-2-3-13-14(6-11)25-9-24-13/h2-3,6-7,15H,4-5,8-9H2,1H3,(H,18,19,21)/t15-/m0/s1. The lowest BCUT2D eigenvalue weighted by molar-refractivity contribution is -0.0249. The molecule has 1 amide bonds. The highest BCUT2D eigenvalue weighted by Crippen LogP contribution is 2.33. The molecule has 1 saturated heterocycles. The summed E-state index contributed by atoms with van der Waals surface area (Å²) >= 11 is 0. The third kappa shape index (κ3) is 3.08. The molecule has 1 aromatic carbocycles. The highest BCUT2D eigenvalue weighted by molar-refractivity contribution is 5.95. The number of aryl methyl sites for hydroxylation is 1. The normalized spacial score (nSPS) is 19.1. The molecule has 2 aliphatic heterocycles. The zero-order chi connectivity index (χ0) is 17.4. The van der Waals surface area contributed by atoms with E-state index in [4.69, 9.17) is 14.2 Å². The van der Waals surface area contributed by atoms with E-state index in [0.717, 1.165) is 0 Å². The molecule has 130 valence electrons. The number of carbonyl (C=O) groups is 1. The fourth-order valence-electron chi connectivity index (χ4n) is 2.99. The van der Waals surface area contributed by atoms with E-state index in [-0.39, 0.29) is 18.3 Å². The van der Waals surface area contributed by atoms with Crippen LogP contribution in [0.5, 0.6) is 11.5 Å². The van der Waals surface area contributed by atoms with Crippen molar-refractivity contribution >= 4 is 5.91 Å². The lowest BCUT2D eigenvalue weighted by Crippen LogP contribution is -2.42. The van der Waals surface area contributed by atoms with Crippen molar-refractivity contribution < 1.29 is 19.0 Å². The molecule has 3 heterocycles. The fraction of sp³-hybridized carbons (Fsp3) is 0.353. The maximum atomic E-state index is 12.8. The van der Waals surface area contributed by atoms with Crippen LogP contribution in [0.25, 0.3) is 0 Å². The molecule has 0 spiro atoms. The van der Waals surface area contributed by atoms with Crippen molar-refractivity contribution in [3.8, 4) is 11.5 Å². The molecule has 0 aliphatic carbocycles. The molecule has 4 rings (SSSR count). The number of aromatic nitrogens is 2. The monoisotopic (exact) mass is 343 g/mol. The number of fused-ring (bicyclic) bond motifs is 1. The molecular formula is C17H17N3O5. The van der Waals surface area contributed by atoms with Crippen LogP contribution in [-0.2, 0) is 4.74 Å². The Labute approximate surface area is 143 Å². The molecule has 8 heteroatoms. The number of nitrogens with zero attached hydrogens (tertiary/aromatic N) is 2. The predicted molar refractivity (Wildman–Crippen MR) is 86.8 cm³/mol. The second kappa shape index (κ2) is 6.21. The molecule has 1 N–H and O–H groups in total. The van der Waals surface area contributed by atoms with Gasteiger partial charge in [0.15, 0.2) is 11.5 Å². The summed E-state index contributed by atoms with van der Waals surface area (Å²) in [7, 11) is 0. The molecule has 25 heavy (non-hydrogen) atoms. The van der Waals surface area contributed by atoms with Gasteiger partial charge in [-0.15, -0.1) is 0 Å². The topological polar surface area (TPSA) is 93.8 Å². The van der Waals surface area contributed by atoms with Crippen LogP contribution in [0.4, 0.5) is 0 Å². The molecule has 1 atom stereocenters. The minimum atomic E-state index is -0.423. The first kappa shape index (κ1) is 15.6. The maximum absolute atomic E-state index is 12.8. The summed E-state index contributed by atoms with van der Waals surface area (Å²) < 4.78 is 16.3. The van der Waals surface area contributed by atoms with Gasteiger partial charge in [0, 0.05) is 18.2 Å². The van der Waals surface area contributed by atoms with Crippen molar-refractivity contribution in [1.29, 1.82) is 0 Å². The summed E-state index contributed by atoms with van der Waals surface area (Å²) in [5, 5.41) is 0. The first-order valence-corrected chi connectivity index (χ1v) is 7.98. The summed E-state index contributed by atoms with van der Waals surface area (Å²) in [6.07, 6.45) is -0.423. The van der Waals surface area contributed by atoms with Gasteiger partial charge in [0.05, 0.1) is 18.8 Å². The van der Waals surface area contributed by atoms with Crippen LogP contribution in [-0.4, -0.2) is 47.3 Å². The first-order valence-electron chi connectivity index (χ1n) is 7.98. The lowest BCUT2D eigenvalue weighted by Gasteiger charge is -2.32. The van der Waals surface area contributed by atoms with Crippen molar-refractivity contribution in [3.05, 3.63) is 51.7 Å². The Hall–Kier alpha value is -2.87. The smallest absolute Gasteiger partial charge is 0.254 e. The lowest BCUT2D eigenvalue weighted by atomic mass is 10.1. The SMILES string of the molecule is Cc1nc([C@@H]2CN(C(=O)c3ccc4c(c3)OCO4)CCO2)cc(=O)[nH]1. The van der Waals surface area contributed by atoms with Gasteiger partial charge in [-0.1, -0.05) is 0 Å². The van der Waals surface area contributed by atoms with Gasteiger partial charge in [0.1, 0.15) is 11.9 Å². The summed E-state index contributed by atoms with van der Waals surface area (Å²) in [4.78, 5) is 33.1. The fourth-order valence-corrected chi connectivity index (χ4v) is 2.99. The number of amides is 1. The largest absolute Gasteiger partial charge is 0.454 e. The number of ether oxygens (including phenoxy) is 3. The Bertz CT molecular complexity index is 879. The summed E-state index contributed by atoms with van der Waals surface area (Å²) in [5.41, 5.74) is 0.828. The Morgan fingerprint density at radius 1 is 1.28 bits per heavy atom. The predicted octanol–water partition coefficient (Wildman–Crippen LogP) is 1.02. The van der Waals surface area contributed by atoms with E-state index >= 15 is 0 Å². The average molecular weight is 343 g/mol. The third-order valence-electron chi connectivity index (χ3n) is 4.18. The van der Waals surface area contributed by atoms with Crippen LogP contribution in [0.1, 0.15) is 28.0 Å². The molecule has 1 fully saturated rings. The Balaban J connectivity index is 1.54. The van der Waals surface area contributed by atoms with E-state index in [1.165, 1.54) is 6.07 Å². The van der Waals surface area contributed by atoms with Gasteiger partial charge in [0.25, 0.3) is 11.5 Å². The van der Waals surface area contributed by atoms with Gasteiger partial charge in [-0.05, 0) is 25.1 Å². The van der Waals surface area contributed by atoms with E-state index in [1.54, 1.807) is 30.0 Å². The number of benzene rings is 1. The van der Waals surface area contributed by atoms with Crippen molar-refractivity contribution in [2.45, 2.75) is 13.0 Å².